The third-order valence-electron chi connectivity index (χ3n) is 2.86. The number of likely N-dealkylation sites (N-methyl/N-ethyl adjacent to an activating group) is 1. The number of anilines is 2. The SMILES string of the molecule is CN1CCN(c2c(F)cc(N)cc2F)CC1. The van der Waals surface area contributed by atoms with E-state index >= 15 is 0 Å². The zero-order valence-corrected chi connectivity index (χ0v) is 9.21. The van der Waals surface area contributed by atoms with Crippen LogP contribution in [0.25, 0.3) is 0 Å². The first-order chi connectivity index (χ1) is 7.58. The van der Waals surface area contributed by atoms with Gasteiger partial charge in [0.2, 0.25) is 0 Å². The molecule has 3 nitrogen and oxygen atoms in total. The molecule has 16 heavy (non-hydrogen) atoms. The number of nitrogens with zero attached hydrogens (tertiary/aromatic N) is 2. The molecular formula is C11H15F2N3. The fourth-order valence-corrected chi connectivity index (χ4v) is 1.92. The zero-order chi connectivity index (χ0) is 11.7. The molecule has 1 heterocycles. The van der Waals surface area contributed by atoms with Gasteiger partial charge in [-0.3, -0.25) is 0 Å². The number of nitrogens with two attached hydrogens (primary N) is 1. The predicted octanol–water partition coefficient (Wildman–Crippen LogP) is 1.30. The first-order valence-corrected chi connectivity index (χ1v) is 5.26. The minimum absolute atomic E-state index is 0.0438. The molecule has 0 spiro atoms. The molecule has 0 amide bonds. The van der Waals surface area contributed by atoms with Gasteiger partial charge in [-0.15, -0.1) is 0 Å². The fraction of sp³-hybridized carbons (Fsp3) is 0.455. The van der Waals surface area contributed by atoms with E-state index in [1.165, 1.54) is 0 Å². The van der Waals surface area contributed by atoms with Crippen molar-refractivity contribution in [2.75, 3.05) is 43.9 Å². The van der Waals surface area contributed by atoms with E-state index in [1.807, 2.05) is 7.05 Å². The van der Waals surface area contributed by atoms with Crippen molar-refractivity contribution in [1.82, 2.24) is 4.90 Å². The molecule has 0 aliphatic carbocycles. The van der Waals surface area contributed by atoms with Crippen molar-refractivity contribution >= 4 is 11.4 Å². The van der Waals surface area contributed by atoms with Crippen molar-refractivity contribution in [3.63, 3.8) is 0 Å². The second-order valence-electron chi connectivity index (χ2n) is 4.12. The smallest absolute Gasteiger partial charge is 0.151 e. The Balaban J connectivity index is 2.26. The summed E-state index contributed by atoms with van der Waals surface area (Å²) in [6, 6.07) is 2.33. The quantitative estimate of drug-likeness (QED) is 0.734. The van der Waals surface area contributed by atoms with Gasteiger partial charge in [-0.2, -0.15) is 0 Å². The maximum Gasteiger partial charge on any atom is 0.151 e. The van der Waals surface area contributed by atoms with Crippen LogP contribution in [0.4, 0.5) is 20.2 Å². The Morgan fingerprint density at radius 1 is 1.06 bits per heavy atom. The molecule has 1 aliphatic rings. The summed E-state index contributed by atoms with van der Waals surface area (Å²) < 4.78 is 27.2. The van der Waals surface area contributed by atoms with Crippen LogP contribution < -0.4 is 10.6 Å². The Morgan fingerprint density at radius 3 is 2.06 bits per heavy atom. The minimum atomic E-state index is -0.581. The Hall–Kier alpha value is -1.36. The molecule has 0 radical (unpaired) electrons. The van der Waals surface area contributed by atoms with E-state index < -0.39 is 11.6 Å². The number of hydrogen-bond donors (Lipinski definition) is 1. The highest BCUT2D eigenvalue weighted by Crippen LogP contribution is 2.26. The molecule has 2 rings (SSSR count). The average Bonchev–Trinajstić information content (AvgIpc) is 2.19. The predicted molar refractivity (Wildman–Crippen MR) is 60.5 cm³/mol. The highest BCUT2D eigenvalue weighted by molar-refractivity contribution is 5.56. The minimum Gasteiger partial charge on any atom is -0.399 e. The lowest BCUT2D eigenvalue weighted by Gasteiger charge is -2.34. The number of nitrogen functional groups attached to an aromatic ring is 1. The summed E-state index contributed by atoms with van der Waals surface area (Å²) in [5, 5.41) is 0. The molecule has 0 aromatic heterocycles. The van der Waals surface area contributed by atoms with Crippen molar-refractivity contribution in [2.24, 2.45) is 0 Å². The topological polar surface area (TPSA) is 32.5 Å². The number of piperazine rings is 1. The first kappa shape index (κ1) is 11.1. The van der Waals surface area contributed by atoms with Crippen molar-refractivity contribution in [3.05, 3.63) is 23.8 Å². The van der Waals surface area contributed by atoms with Gasteiger partial charge in [0.05, 0.1) is 0 Å². The molecule has 1 aromatic carbocycles. The summed E-state index contributed by atoms with van der Waals surface area (Å²) >= 11 is 0. The van der Waals surface area contributed by atoms with Gasteiger partial charge in [0.1, 0.15) is 5.69 Å². The second-order valence-corrected chi connectivity index (χ2v) is 4.12. The van der Waals surface area contributed by atoms with Crippen molar-refractivity contribution in [2.45, 2.75) is 0 Å². The van der Waals surface area contributed by atoms with E-state index in [-0.39, 0.29) is 11.4 Å². The maximum atomic E-state index is 13.6. The molecule has 1 aliphatic heterocycles. The van der Waals surface area contributed by atoms with Gasteiger partial charge in [0.25, 0.3) is 0 Å². The van der Waals surface area contributed by atoms with Crippen LogP contribution in [0.1, 0.15) is 0 Å². The zero-order valence-electron chi connectivity index (χ0n) is 9.21. The molecular weight excluding hydrogens is 212 g/mol. The molecule has 1 fully saturated rings. The summed E-state index contributed by atoms with van der Waals surface area (Å²) in [6.45, 7) is 2.88. The van der Waals surface area contributed by atoms with Gasteiger partial charge in [0.15, 0.2) is 11.6 Å². The van der Waals surface area contributed by atoms with Gasteiger partial charge in [-0.25, -0.2) is 8.78 Å². The standard InChI is InChI=1S/C11H15F2N3/c1-15-2-4-16(5-3-15)11-9(12)6-8(14)7-10(11)13/h6-7H,2-5,14H2,1H3. The molecule has 88 valence electrons. The van der Waals surface area contributed by atoms with E-state index in [2.05, 4.69) is 4.90 Å². The monoisotopic (exact) mass is 227 g/mol. The molecule has 1 aromatic rings. The van der Waals surface area contributed by atoms with Gasteiger partial charge in [0, 0.05) is 31.9 Å². The van der Waals surface area contributed by atoms with E-state index in [1.54, 1.807) is 4.90 Å². The average molecular weight is 227 g/mol. The van der Waals surface area contributed by atoms with Crippen LogP contribution in [0.5, 0.6) is 0 Å². The van der Waals surface area contributed by atoms with Gasteiger partial charge < -0.3 is 15.5 Å². The molecule has 0 atom stereocenters. The van der Waals surface area contributed by atoms with Crippen LogP contribution in [-0.2, 0) is 0 Å². The highest BCUT2D eigenvalue weighted by Gasteiger charge is 2.21. The summed E-state index contributed by atoms with van der Waals surface area (Å²) in [6.07, 6.45) is 0. The van der Waals surface area contributed by atoms with Gasteiger partial charge in [-0.1, -0.05) is 0 Å². The van der Waals surface area contributed by atoms with Crippen molar-refractivity contribution in [1.29, 1.82) is 0 Å². The first-order valence-electron chi connectivity index (χ1n) is 5.26. The Morgan fingerprint density at radius 2 is 1.56 bits per heavy atom. The van der Waals surface area contributed by atoms with Crippen molar-refractivity contribution in [3.8, 4) is 0 Å². The van der Waals surface area contributed by atoms with Crippen LogP contribution in [0.3, 0.4) is 0 Å². The Labute approximate surface area is 93.4 Å². The Bertz CT molecular complexity index is 364. The lowest BCUT2D eigenvalue weighted by Crippen LogP contribution is -2.45. The summed E-state index contributed by atoms with van der Waals surface area (Å²) in [5.41, 5.74) is 5.54. The molecule has 1 saturated heterocycles. The summed E-state index contributed by atoms with van der Waals surface area (Å²) in [4.78, 5) is 3.85. The van der Waals surface area contributed by atoms with E-state index in [4.69, 9.17) is 5.73 Å². The van der Waals surface area contributed by atoms with Crippen LogP contribution in [0.2, 0.25) is 0 Å². The highest BCUT2D eigenvalue weighted by atomic mass is 19.1. The van der Waals surface area contributed by atoms with E-state index in [0.717, 1.165) is 25.2 Å². The summed E-state index contributed by atoms with van der Waals surface area (Å²) in [7, 11) is 1.99. The molecule has 0 saturated carbocycles. The molecule has 0 unspecified atom stereocenters. The normalized spacial score (nSPS) is 17.8. The Kier molecular flexibility index (Phi) is 2.96. The maximum absolute atomic E-state index is 13.6. The van der Waals surface area contributed by atoms with Crippen LogP contribution >= 0.6 is 0 Å². The van der Waals surface area contributed by atoms with Crippen LogP contribution in [0.15, 0.2) is 12.1 Å². The largest absolute Gasteiger partial charge is 0.399 e. The molecule has 2 N–H and O–H groups in total. The third kappa shape index (κ3) is 2.09. The number of benzene rings is 1. The lowest BCUT2D eigenvalue weighted by atomic mass is 10.2. The summed E-state index contributed by atoms with van der Waals surface area (Å²) in [5.74, 6) is -1.16. The molecule has 5 heteroatoms. The van der Waals surface area contributed by atoms with E-state index in [0.29, 0.717) is 13.1 Å². The van der Waals surface area contributed by atoms with Gasteiger partial charge in [-0.05, 0) is 19.2 Å². The third-order valence-corrected chi connectivity index (χ3v) is 2.86. The van der Waals surface area contributed by atoms with Gasteiger partial charge >= 0.3 is 0 Å². The van der Waals surface area contributed by atoms with Crippen LogP contribution in [-0.4, -0.2) is 38.1 Å². The number of hydrogen-bond acceptors (Lipinski definition) is 3. The molecule has 0 bridgehead atoms. The lowest BCUT2D eigenvalue weighted by molar-refractivity contribution is 0.310. The van der Waals surface area contributed by atoms with Crippen LogP contribution in [0, 0.1) is 11.6 Å². The van der Waals surface area contributed by atoms with Crippen molar-refractivity contribution < 1.29 is 8.78 Å². The number of rotatable bonds is 1. The number of halogens is 2. The van der Waals surface area contributed by atoms with E-state index in [9.17, 15) is 8.78 Å². The fourth-order valence-electron chi connectivity index (χ4n) is 1.92. The second kappa shape index (κ2) is 4.25.